The number of nitrogens with two attached hydrogens (primary N) is 1. The van der Waals surface area contributed by atoms with Gasteiger partial charge in [-0.2, -0.15) is 0 Å². The normalized spacial score (nSPS) is 12.4. The smallest absolute Gasteiger partial charge is 0.239 e. The van der Waals surface area contributed by atoms with E-state index < -0.39 is 6.04 Å². The molecule has 0 aromatic carbocycles. The maximum atomic E-state index is 11.3. The zero-order valence-corrected chi connectivity index (χ0v) is 10.0. The number of methoxy groups -OCH3 is 2. The van der Waals surface area contributed by atoms with Gasteiger partial charge in [-0.05, 0) is 6.42 Å². The maximum Gasteiger partial charge on any atom is 0.239 e. The van der Waals surface area contributed by atoms with Crippen molar-refractivity contribution in [3.8, 4) is 0 Å². The van der Waals surface area contributed by atoms with Crippen molar-refractivity contribution >= 4 is 5.91 Å². The second kappa shape index (κ2) is 10.8. The number of hydrogen-bond acceptors (Lipinski definition) is 5. The van der Waals surface area contributed by atoms with Crippen LogP contribution in [0.1, 0.15) is 6.42 Å². The highest BCUT2D eigenvalue weighted by molar-refractivity contribution is 5.81. The predicted octanol–water partition coefficient (Wildman–Crippen LogP) is -0.871. The predicted molar refractivity (Wildman–Crippen MR) is 60.2 cm³/mol. The van der Waals surface area contributed by atoms with Crippen LogP contribution < -0.4 is 11.1 Å². The highest BCUT2D eigenvalue weighted by Gasteiger charge is 2.11. The first-order valence-electron chi connectivity index (χ1n) is 5.31. The average Bonchev–Trinajstić information content (AvgIpc) is 2.28. The molecule has 0 bridgehead atoms. The van der Waals surface area contributed by atoms with Gasteiger partial charge in [0.15, 0.2) is 0 Å². The van der Waals surface area contributed by atoms with Crippen molar-refractivity contribution in [1.82, 2.24) is 5.32 Å². The Morgan fingerprint density at radius 3 is 2.62 bits per heavy atom. The van der Waals surface area contributed by atoms with Gasteiger partial charge < -0.3 is 25.3 Å². The molecular weight excluding hydrogens is 212 g/mol. The van der Waals surface area contributed by atoms with Gasteiger partial charge in [0.1, 0.15) is 6.04 Å². The minimum absolute atomic E-state index is 0.196. The van der Waals surface area contributed by atoms with Crippen LogP contribution in [0, 0.1) is 0 Å². The summed E-state index contributed by atoms with van der Waals surface area (Å²) < 4.78 is 14.8. The summed E-state index contributed by atoms with van der Waals surface area (Å²) in [4.78, 5) is 11.3. The van der Waals surface area contributed by atoms with E-state index in [1.54, 1.807) is 7.11 Å². The van der Waals surface area contributed by atoms with Crippen LogP contribution in [0.15, 0.2) is 0 Å². The topological polar surface area (TPSA) is 82.8 Å². The van der Waals surface area contributed by atoms with Gasteiger partial charge in [-0.15, -0.1) is 0 Å². The quantitative estimate of drug-likeness (QED) is 0.480. The van der Waals surface area contributed by atoms with Crippen molar-refractivity contribution < 1.29 is 19.0 Å². The van der Waals surface area contributed by atoms with E-state index in [4.69, 9.17) is 19.9 Å². The summed E-state index contributed by atoms with van der Waals surface area (Å²) in [6.07, 6.45) is 0.759. The number of ether oxygens (including phenoxy) is 3. The molecule has 1 atom stereocenters. The van der Waals surface area contributed by atoms with Gasteiger partial charge in [-0.3, -0.25) is 4.79 Å². The summed E-state index contributed by atoms with van der Waals surface area (Å²) in [6.45, 7) is 2.56. The van der Waals surface area contributed by atoms with Crippen molar-refractivity contribution in [3.63, 3.8) is 0 Å². The highest BCUT2D eigenvalue weighted by Crippen LogP contribution is 1.84. The van der Waals surface area contributed by atoms with E-state index in [9.17, 15) is 4.79 Å². The Morgan fingerprint density at radius 2 is 2.00 bits per heavy atom. The second-order valence-corrected chi connectivity index (χ2v) is 3.31. The molecule has 0 aliphatic rings. The maximum absolute atomic E-state index is 11.3. The number of nitrogens with one attached hydrogen (secondary N) is 1. The molecule has 0 rings (SSSR count). The van der Waals surface area contributed by atoms with E-state index in [2.05, 4.69) is 5.32 Å². The summed E-state index contributed by atoms with van der Waals surface area (Å²) in [7, 11) is 3.14. The lowest BCUT2D eigenvalue weighted by Gasteiger charge is -2.11. The van der Waals surface area contributed by atoms with Crippen molar-refractivity contribution in [3.05, 3.63) is 0 Å². The van der Waals surface area contributed by atoms with Gasteiger partial charge in [0.25, 0.3) is 0 Å². The Morgan fingerprint density at radius 1 is 1.25 bits per heavy atom. The molecule has 0 aromatic rings. The van der Waals surface area contributed by atoms with Crippen LogP contribution in [-0.4, -0.2) is 59.1 Å². The fraction of sp³-hybridized carbons (Fsp3) is 0.900. The molecule has 1 amide bonds. The van der Waals surface area contributed by atoms with Gasteiger partial charge >= 0.3 is 0 Å². The molecular formula is C10H22N2O4. The Kier molecular flexibility index (Phi) is 10.3. The summed E-state index contributed by atoms with van der Waals surface area (Å²) >= 11 is 0. The van der Waals surface area contributed by atoms with Crippen LogP contribution >= 0.6 is 0 Å². The summed E-state index contributed by atoms with van der Waals surface area (Å²) in [6, 6.07) is -0.598. The molecule has 6 heteroatoms. The molecule has 6 nitrogen and oxygen atoms in total. The first-order valence-corrected chi connectivity index (χ1v) is 5.31. The van der Waals surface area contributed by atoms with Gasteiger partial charge in [-0.25, -0.2) is 0 Å². The van der Waals surface area contributed by atoms with Crippen molar-refractivity contribution in [2.24, 2.45) is 5.73 Å². The number of carbonyl (C=O) groups is 1. The van der Waals surface area contributed by atoms with Crippen molar-refractivity contribution in [2.75, 3.05) is 47.2 Å². The third kappa shape index (κ3) is 8.60. The highest BCUT2D eigenvalue weighted by atomic mass is 16.5. The Labute approximate surface area is 96.4 Å². The van der Waals surface area contributed by atoms with E-state index in [-0.39, 0.29) is 12.5 Å². The lowest BCUT2D eigenvalue weighted by molar-refractivity contribution is -0.123. The first kappa shape index (κ1) is 15.3. The minimum Gasteiger partial charge on any atom is -0.383 e. The monoisotopic (exact) mass is 234 g/mol. The molecule has 0 radical (unpaired) electrons. The third-order valence-electron chi connectivity index (χ3n) is 1.88. The molecule has 0 saturated carbocycles. The van der Waals surface area contributed by atoms with E-state index >= 15 is 0 Å². The molecule has 1 unspecified atom stereocenters. The second-order valence-electron chi connectivity index (χ2n) is 3.31. The Balaban J connectivity index is 3.27. The number of hydrogen-bond donors (Lipinski definition) is 2. The molecule has 3 N–H and O–H groups in total. The van der Waals surface area contributed by atoms with E-state index in [1.165, 1.54) is 7.11 Å². The minimum atomic E-state index is -0.598. The number of rotatable bonds is 10. The van der Waals surface area contributed by atoms with Gasteiger partial charge in [-0.1, -0.05) is 0 Å². The van der Waals surface area contributed by atoms with Crippen LogP contribution in [0.2, 0.25) is 0 Å². The standard InChI is InChI=1S/C10H22N2O4/c1-14-6-7-16-5-3-4-12-10(13)9(11)8-15-2/h9H,3-8,11H2,1-2H3,(H,12,13). The summed E-state index contributed by atoms with van der Waals surface area (Å²) in [5.74, 6) is -0.196. The van der Waals surface area contributed by atoms with Crippen molar-refractivity contribution in [1.29, 1.82) is 0 Å². The molecule has 0 spiro atoms. The first-order chi connectivity index (χ1) is 7.72. The van der Waals surface area contributed by atoms with Gasteiger partial charge in [0.2, 0.25) is 5.91 Å². The fourth-order valence-corrected chi connectivity index (χ4v) is 1.02. The number of amides is 1. The molecule has 0 saturated heterocycles. The summed E-state index contributed by atoms with van der Waals surface area (Å²) in [5, 5.41) is 2.70. The van der Waals surface area contributed by atoms with Crippen LogP contribution in [-0.2, 0) is 19.0 Å². The Bertz CT molecular complexity index is 178. The molecule has 0 aromatic heterocycles. The third-order valence-corrected chi connectivity index (χ3v) is 1.88. The lowest BCUT2D eigenvalue weighted by atomic mass is 10.3. The van der Waals surface area contributed by atoms with Crippen molar-refractivity contribution in [2.45, 2.75) is 12.5 Å². The largest absolute Gasteiger partial charge is 0.383 e. The van der Waals surface area contributed by atoms with Crippen LogP contribution in [0.5, 0.6) is 0 Å². The molecule has 16 heavy (non-hydrogen) atoms. The number of carbonyl (C=O) groups excluding carboxylic acids is 1. The zero-order chi connectivity index (χ0) is 12.2. The van der Waals surface area contributed by atoms with Crippen LogP contribution in [0.25, 0.3) is 0 Å². The molecule has 0 aliphatic carbocycles. The fourth-order valence-electron chi connectivity index (χ4n) is 1.02. The average molecular weight is 234 g/mol. The van der Waals surface area contributed by atoms with Gasteiger partial charge in [0.05, 0.1) is 19.8 Å². The van der Waals surface area contributed by atoms with Gasteiger partial charge in [0, 0.05) is 27.4 Å². The summed E-state index contributed by atoms with van der Waals surface area (Å²) in [5.41, 5.74) is 5.52. The zero-order valence-electron chi connectivity index (χ0n) is 10.0. The van der Waals surface area contributed by atoms with E-state index in [0.717, 1.165) is 6.42 Å². The lowest BCUT2D eigenvalue weighted by Crippen LogP contribution is -2.43. The van der Waals surface area contributed by atoms with Crippen LogP contribution in [0.4, 0.5) is 0 Å². The molecule has 96 valence electrons. The van der Waals surface area contributed by atoms with Crippen LogP contribution in [0.3, 0.4) is 0 Å². The SMILES string of the molecule is COCCOCCCNC(=O)C(N)COC. The molecule has 0 aliphatic heterocycles. The Hall–Kier alpha value is -0.690. The molecule has 0 heterocycles. The van der Waals surface area contributed by atoms with E-state index in [0.29, 0.717) is 26.4 Å². The van der Waals surface area contributed by atoms with E-state index in [1.807, 2.05) is 0 Å². The molecule has 0 fully saturated rings.